The van der Waals surface area contributed by atoms with E-state index in [-0.39, 0.29) is 11.2 Å². The van der Waals surface area contributed by atoms with Crippen molar-refractivity contribution in [3.05, 3.63) is 107 Å². The summed E-state index contributed by atoms with van der Waals surface area (Å²) in [7, 11) is 1.74. The van der Waals surface area contributed by atoms with Crippen LogP contribution in [0, 0.1) is 6.92 Å². The smallest absolute Gasteiger partial charge is 0.341 e. The number of nitrogens with one attached hydrogen (secondary N) is 2. The lowest BCUT2D eigenvalue weighted by Gasteiger charge is -2.15. The van der Waals surface area contributed by atoms with Crippen molar-refractivity contribution in [2.24, 2.45) is 7.05 Å². The molecule has 1 aromatic heterocycles. The zero-order chi connectivity index (χ0) is 24.9. The van der Waals surface area contributed by atoms with Crippen molar-refractivity contribution < 1.29 is 14.3 Å². The summed E-state index contributed by atoms with van der Waals surface area (Å²) in [6.07, 6.45) is -1.13. The van der Waals surface area contributed by atoms with Gasteiger partial charge < -0.3 is 15.4 Å². The maximum atomic E-state index is 13.0. The van der Waals surface area contributed by atoms with Crippen LogP contribution in [0.5, 0.6) is 0 Å². The normalized spacial score (nSPS) is 11.5. The minimum absolute atomic E-state index is 0.135. The van der Waals surface area contributed by atoms with E-state index in [2.05, 4.69) is 10.6 Å². The van der Waals surface area contributed by atoms with E-state index in [1.807, 2.05) is 48.5 Å². The second-order valence-corrected chi connectivity index (χ2v) is 8.01. The van der Waals surface area contributed by atoms with Gasteiger partial charge in [0, 0.05) is 12.7 Å². The molecule has 0 aliphatic rings. The highest BCUT2D eigenvalue weighted by Crippen LogP contribution is 2.22. The van der Waals surface area contributed by atoms with Crippen LogP contribution in [0.4, 0.5) is 17.1 Å². The fraction of sp³-hybridized carbons (Fsp3) is 0.148. The summed E-state index contributed by atoms with van der Waals surface area (Å²) in [6, 6.07) is 25.4. The third-order valence-corrected chi connectivity index (χ3v) is 5.66. The van der Waals surface area contributed by atoms with Crippen molar-refractivity contribution in [3.8, 4) is 5.69 Å². The Morgan fingerprint density at radius 2 is 1.49 bits per heavy atom. The number of ether oxygens (including phenoxy) is 1. The summed E-state index contributed by atoms with van der Waals surface area (Å²) < 4.78 is 8.57. The van der Waals surface area contributed by atoms with Crippen LogP contribution in [0.1, 0.15) is 23.0 Å². The number of anilines is 3. The molecule has 1 atom stereocenters. The Morgan fingerprint density at radius 1 is 0.886 bits per heavy atom. The molecule has 3 aromatic carbocycles. The van der Waals surface area contributed by atoms with E-state index in [0.717, 1.165) is 5.69 Å². The first-order chi connectivity index (χ1) is 16.9. The highest BCUT2D eigenvalue weighted by molar-refractivity contribution is 6.00. The van der Waals surface area contributed by atoms with E-state index in [1.54, 1.807) is 55.1 Å². The topological polar surface area (TPSA) is 94.4 Å². The number of amides is 1. The third-order valence-electron chi connectivity index (χ3n) is 5.66. The van der Waals surface area contributed by atoms with Gasteiger partial charge in [0.25, 0.3) is 11.5 Å². The Balaban J connectivity index is 1.50. The van der Waals surface area contributed by atoms with E-state index in [1.165, 1.54) is 11.6 Å². The van der Waals surface area contributed by atoms with E-state index >= 15 is 0 Å². The highest BCUT2D eigenvalue weighted by atomic mass is 16.5. The molecule has 4 aromatic rings. The number of carbonyl (C=O) groups is 2. The van der Waals surface area contributed by atoms with Gasteiger partial charge in [-0.15, -0.1) is 0 Å². The largest absolute Gasteiger partial charge is 0.449 e. The average Bonchev–Trinajstić information content (AvgIpc) is 3.08. The lowest BCUT2D eigenvalue weighted by molar-refractivity contribution is -0.123. The van der Waals surface area contributed by atoms with Crippen LogP contribution >= 0.6 is 0 Å². The van der Waals surface area contributed by atoms with Gasteiger partial charge in [0.2, 0.25) is 0 Å². The average molecular weight is 471 g/mol. The van der Waals surface area contributed by atoms with E-state index in [4.69, 9.17) is 4.74 Å². The van der Waals surface area contributed by atoms with E-state index in [9.17, 15) is 14.4 Å². The second-order valence-electron chi connectivity index (χ2n) is 8.01. The molecule has 0 fully saturated rings. The predicted molar refractivity (Wildman–Crippen MR) is 135 cm³/mol. The van der Waals surface area contributed by atoms with Gasteiger partial charge in [0.05, 0.1) is 22.6 Å². The molecule has 0 spiro atoms. The van der Waals surface area contributed by atoms with Gasteiger partial charge >= 0.3 is 5.97 Å². The number of hydrogen-bond acceptors (Lipinski definition) is 5. The van der Waals surface area contributed by atoms with Crippen LogP contribution in [0.25, 0.3) is 5.69 Å². The van der Waals surface area contributed by atoms with Crippen LogP contribution in [0.15, 0.2) is 89.7 Å². The van der Waals surface area contributed by atoms with Crippen molar-refractivity contribution in [2.75, 3.05) is 10.6 Å². The maximum Gasteiger partial charge on any atom is 0.341 e. The molecule has 178 valence electrons. The van der Waals surface area contributed by atoms with Gasteiger partial charge in [-0.25, -0.2) is 9.48 Å². The summed E-state index contributed by atoms with van der Waals surface area (Å²) in [6.45, 7) is 3.20. The summed E-state index contributed by atoms with van der Waals surface area (Å²) in [5, 5.41) is 5.82. The molecule has 0 bridgehead atoms. The molecule has 0 radical (unpaired) electrons. The molecule has 8 heteroatoms. The first-order valence-electron chi connectivity index (χ1n) is 11.1. The fourth-order valence-corrected chi connectivity index (χ4v) is 3.66. The number of hydrogen-bond donors (Lipinski definition) is 2. The Morgan fingerprint density at radius 3 is 2.17 bits per heavy atom. The molecule has 2 N–H and O–H groups in total. The Labute approximate surface area is 202 Å². The Bertz CT molecular complexity index is 1410. The number of benzene rings is 3. The zero-order valence-electron chi connectivity index (χ0n) is 19.7. The van der Waals surface area contributed by atoms with Gasteiger partial charge in [-0.3, -0.25) is 14.3 Å². The summed E-state index contributed by atoms with van der Waals surface area (Å²) >= 11 is 0. The molecule has 0 aliphatic carbocycles. The fourth-order valence-electron chi connectivity index (χ4n) is 3.66. The minimum Gasteiger partial charge on any atom is -0.449 e. The number of rotatable bonds is 7. The summed E-state index contributed by atoms with van der Waals surface area (Å²) in [5.74, 6) is -1.25. The van der Waals surface area contributed by atoms with Crippen LogP contribution < -0.4 is 16.2 Å². The number of aromatic nitrogens is 2. The Kier molecular flexibility index (Phi) is 6.82. The molecular formula is C27H26N4O4. The molecular weight excluding hydrogens is 444 g/mol. The van der Waals surface area contributed by atoms with Crippen molar-refractivity contribution in [1.29, 1.82) is 0 Å². The summed E-state index contributed by atoms with van der Waals surface area (Å²) in [4.78, 5) is 38.8. The minimum atomic E-state index is -1.13. The Hall–Kier alpha value is -4.59. The van der Waals surface area contributed by atoms with Gasteiger partial charge in [-0.05, 0) is 50.2 Å². The summed E-state index contributed by atoms with van der Waals surface area (Å²) in [5.41, 5.74) is 2.66. The van der Waals surface area contributed by atoms with Crippen LogP contribution in [-0.4, -0.2) is 27.3 Å². The third kappa shape index (κ3) is 5.01. The number of carbonyl (C=O) groups excluding carboxylic acids is 2. The molecule has 8 nitrogen and oxygen atoms in total. The molecule has 0 saturated carbocycles. The quantitative estimate of drug-likeness (QED) is 0.390. The molecule has 1 heterocycles. The first-order valence-corrected chi connectivity index (χ1v) is 11.1. The van der Waals surface area contributed by atoms with Gasteiger partial charge in [-0.1, -0.05) is 48.5 Å². The number of para-hydroxylation sites is 3. The first kappa shape index (κ1) is 23.6. The molecule has 0 unspecified atom stereocenters. The molecule has 1 amide bonds. The lowest BCUT2D eigenvalue weighted by Crippen LogP contribution is -2.32. The molecule has 0 aliphatic heterocycles. The zero-order valence-corrected chi connectivity index (χ0v) is 19.7. The van der Waals surface area contributed by atoms with Crippen molar-refractivity contribution in [3.63, 3.8) is 0 Å². The molecule has 4 rings (SSSR count). The van der Waals surface area contributed by atoms with Crippen LogP contribution in [-0.2, 0) is 16.6 Å². The molecule has 35 heavy (non-hydrogen) atoms. The van der Waals surface area contributed by atoms with E-state index in [0.29, 0.717) is 22.6 Å². The van der Waals surface area contributed by atoms with Gasteiger partial charge in [-0.2, -0.15) is 0 Å². The van der Waals surface area contributed by atoms with Gasteiger partial charge in [0.15, 0.2) is 6.10 Å². The standard InChI is InChI=1S/C27H26N4O4/c1-18-24(26(33)31(30(18)3)21-14-8-5-9-15-21)29-25(32)19(2)35-27(34)22-16-10-11-17-23(22)28-20-12-6-4-7-13-20/h4-17,19,28H,1-3H3,(H,29,32)/t19-/m1/s1. The van der Waals surface area contributed by atoms with Crippen molar-refractivity contribution >= 4 is 28.9 Å². The number of esters is 1. The molecule has 0 saturated heterocycles. The second kappa shape index (κ2) is 10.1. The monoisotopic (exact) mass is 470 g/mol. The van der Waals surface area contributed by atoms with Crippen molar-refractivity contribution in [2.45, 2.75) is 20.0 Å². The maximum absolute atomic E-state index is 13.0. The van der Waals surface area contributed by atoms with Crippen LogP contribution in [0.3, 0.4) is 0 Å². The van der Waals surface area contributed by atoms with Crippen LogP contribution in [0.2, 0.25) is 0 Å². The van der Waals surface area contributed by atoms with Gasteiger partial charge in [0.1, 0.15) is 5.69 Å². The van der Waals surface area contributed by atoms with E-state index < -0.39 is 18.0 Å². The lowest BCUT2D eigenvalue weighted by atomic mass is 10.1. The predicted octanol–water partition coefficient (Wildman–Crippen LogP) is 4.41. The van der Waals surface area contributed by atoms with Crippen molar-refractivity contribution in [1.82, 2.24) is 9.36 Å². The SMILES string of the molecule is Cc1c(NC(=O)[C@@H](C)OC(=O)c2ccccc2Nc2ccccc2)c(=O)n(-c2ccccc2)n1C. The highest BCUT2D eigenvalue weighted by Gasteiger charge is 2.24. The number of nitrogens with zero attached hydrogens (tertiary/aromatic N) is 2.